The van der Waals surface area contributed by atoms with E-state index in [1.807, 2.05) is 27.7 Å². The second-order valence-corrected chi connectivity index (χ2v) is 5.10. The smallest absolute Gasteiger partial charge is 0.497 e. The van der Waals surface area contributed by atoms with Crippen LogP contribution in [0.15, 0.2) is 18.5 Å². The maximum atomic E-state index is 7.20. The number of methoxy groups -OCH3 is 1. The van der Waals surface area contributed by atoms with Crippen molar-refractivity contribution in [2.45, 2.75) is 38.9 Å². The fourth-order valence-electron chi connectivity index (χ4n) is 1.63. The average Bonchev–Trinajstić information content (AvgIpc) is 2.46. The largest absolute Gasteiger partial charge is 0.500 e. The quantitative estimate of drug-likeness (QED) is 0.730. The first-order valence-corrected chi connectivity index (χ1v) is 5.50. The number of ether oxygens (including phenoxy) is 1. The molecule has 0 aliphatic carbocycles. The SMILES string of the molecule is [2H]C([2H])([2H])Oc1ccncc1B1OC(C)(C)C(C)(C)O1. The molecule has 0 amide bonds. The number of nitrogens with zero attached hydrogens (tertiary/aromatic N) is 1. The first-order chi connectivity index (χ1) is 9.02. The van der Waals surface area contributed by atoms with Gasteiger partial charge in [0.05, 0.1) is 22.4 Å². The first-order valence-electron chi connectivity index (χ1n) is 7.00. The van der Waals surface area contributed by atoms with Gasteiger partial charge in [-0.05, 0) is 33.8 Å². The summed E-state index contributed by atoms with van der Waals surface area (Å²) in [7, 11) is -3.23. The molecule has 1 fully saturated rings. The Morgan fingerprint density at radius 2 is 1.94 bits per heavy atom. The predicted molar refractivity (Wildman–Crippen MR) is 66.5 cm³/mol. The van der Waals surface area contributed by atoms with Gasteiger partial charge < -0.3 is 14.0 Å². The van der Waals surface area contributed by atoms with Crippen LogP contribution in [0, 0.1) is 0 Å². The van der Waals surface area contributed by atoms with Crippen LogP contribution in [0.1, 0.15) is 31.8 Å². The van der Waals surface area contributed by atoms with Crippen LogP contribution in [0.2, 0.25) is 0 Å². The summed E-state index contributed by atoms with van der Waals surface area (Å²) in [6.45, 7) is 7.70. The fraction of sp³-hybridized carbons (Fsp3) is 0.583. The van der Waals surface area contributed by atoms with Crippen molar-refractivity contribution in [2.24, 2.45) is 0 Å². The van der Waals surface area contributed by atoms with E-state index in [-0.39, 0.29) is 5.75 Å². The number of rotatable bonds is 2. The van der Waals surface area contributed by atoms with Crippen molar-refractivity contribution in [1.29, 1.82) is 0 Å². The lowest BCUT2D eigenvalue weighted by atomic mass is 9.79. The fourth-order valence-corrected chi connectivity index (χ4v) is 1.63. The number of hydrogen-bond acceptors (Lipinski definition) is 4. The van der Waals surface area contributed by atoms with E-state index in [0.717, 1.165) is 0 Å². The first kappa shape index (κ1) is 8.94. The summed E-state index contributed by atoms with van der Waals surface area (Å²) in [6.07, 6.45) is 2.97. The third-order valence-electron chi connectivity index (χ3n) is 3.43. The van der Waals surface area contributed by atoms with Gasteiger partial charge in [-0.15, -0.1) is 0 Å². The van der Waals surface area contributed by atoms with E-state index < -0.39 is 25.4 Å². The molecule has 1 aliphatic heterocycles. The Hall–Kier alpha value is -1.07. The van der Waals surface area contributed by atoms with Crippen molar-refractivity contribution in [3.05, 3.63) is 18.5 Å². The second-order valence-electron chi connectivity index (χ2n) is 5.10. The van der Waals surface area contributed by atoms with Crippen molar-refractivity contribution in [3.63, 3.8) is 0 Å². The van der Waals surface area contributed by atoms with Crippen molar-refractivity contribution in [3.8, 4) is 5.75 Å². The monoisotopic (exact) mass is 238 g/mol. The molecule has 2 rings (SSSR count). The molecule has 0 spiro atoms. The minimum Gasteiger partial charge on any atom is -0.497 e. The molecule has 0 aromatic carbocycles. The lowest BCUT2D eigenvalue weighted by molar-refractivity contribution is 0.00578. The zero-order valence-corrected chi connectivity index (χ0v) is 10.5. The summed E-state index contributed by atoms with van der Waals surface area (Å²) in [5, 5.41) is 0. The Morgan fingerprint density at radius 1 is 1.29 bits per heavy atom. The molecular formula is C12H18BNO3. The zero-order valence-electron chi connectivity index (χ0n) is 13.5. The predicted octanol–water partition coefficient (Wildman–Crippen LogP) is 1.39. The molecule has 1 aromatic heterocycles. The zero-order chi connectivity index (χ0) is 15.2. The highest BCUT2D eigenvalue weighted by Gasteiger charge is 2.52. The van der Waals surface area contributed by atoms with E-state index in [2.05, 4.69) is 4.98 Å². The Morgan fingerprint density at radius 3 is 2.53 bits per heavy atom. The topological polar surface area (TPSA) is 40.6 Å². The van der Waals surface area contributed by atoms with Crippen molar-refractivity contribution >= 4 is 12.6 Å². The molecule has 92 valence electrons. The maximum absolute atomic E-state index is 7.20. The van der Waals surface area contributed by atoms with Crippen molar-refractivity contribution in [1.82, 2.24) is 4.98 Å². The summed E-state index contributed by atoms with van der Waals surface area (Å²) < 4.78 is 38.3. The standard InChI is InChI=1S/C12H18BNO3/c1-11(2)12(3,4)17-13(16-11)9-8-14-7-6-10(9)15-5/h6-8H,1-5H3/i5D3. The Labute approximate surface area is 107 Å². The van der Waals surface area contributed by atoms with Crippen LogP contribution in [0.25, 0.3) is 0 Å². The minimum absolute atomic E-state index is 0.193. The molecule has 5 heteroatoms. The maximum Gasteiger partial charge on any atom is 0.500 e. The van der Waals surface area contributed by atoms with Crippen LogP contribution in [0.4, 0.5) is 0 Å². The Kier molecular flexibility index (Phi) is 2.10. The van der Waals surface area contributed by atoms with Gasteiger partial charge in [0, 0.05) is 17.9 Å². The molecular weight excluding hydrogens is 217 g/mol. The Balaban J connectivity index is 2.31. The minimum atomic E-state index is -2.53. The molecule has 0 radical (unpaired) electrons. The van der Waals surface area contributed by atoms with E-state index in [1.54, 1.807) is 0 Å². The summed E-state index contributed by atoms with van der Waals surface area (Å²) in [5.41, 5.74) is -0.544. The molecule has 0 saturated carbocycles. The van der Waals surface area contributed by atoms with E-state index in [4.69, 9.17) is 18.2 Å². The van der Waals surface area contributed by atoms with Crippen molar-refractivity contribution in [2.75, 3.05) is 7.04 Å². The van der Waals surface area contributed by atoms with Gasteiger partial charge in [0.25, 0.3) is 0 Å². The summed E-state index contributed by atoms with van der Waals surface area (Å²) in [6, 6.07) is 1.49. The van der Waals surface area contributed by atoms with Crippen LogP contribution in [0.3, 0.4) is 0 Å². The van der Waals surface area contributed by atoms with E-state index in [9.17, 15) is 0 Å². The highest BCUT2D eigenvalue weighted by Crippen LogP contribution is 2.36. The molecule has 0 atom stereocenters. The highest BCUT2D eigenvalue weighted by molar-refractivity contribution is 6.63. The third kappa shape index (κ3) is 2.05. The molecule has 1 aromatic rings. The van der Waals surface area contributed by atoms with Gasteiger partial charge in [0.15, 0.2) is 0 Å². The lowest BCUT2D eigenvalue weighted by Crippen LogP contribution is -2.41. The van der Waals surface area contributed by atoms with Crippen molar-refractivity contribution < 1.29 is 18.2 Å². The lowest BCUT2D eigenvalue weighted by Gasteiger charge is -2.32. The summed E-state index contributed by atoms with van der Waals surface area (Å²) in [5.74, 6) is 0.193. The number of aromatic nitrogens is 1. The molecule has 0 unspecified atom stereocenters. The molecule has 0 N–H and O–H groups in total. The van der Waals surface area contributed by atoms with Gasteiger partial charge in [-0.1, -0.05) is 0 Å². The number of hydrogen-bond donors (Lipinski definition) is 0. The summed E-state index contributed by atoms with van der Waals surface area (Å²) in [4.78, 5) is 3.99. The molecule has 2 heterocycles. The molecule has 1 saturated heterocycles. The van der Waals surface area contributed by atoms with Crippen LogP contribution in [-0.2, 0) is 9.31 Å². The Bertz CT molecular complexity index is 489. The third-order valence-corrected chi connectivity index (χ3v) is 3.43. The van der Waals surface area contributed by atoms with E-state index in [1.165, 1.54) is 18.5 Å². The summed E-state index contributed by atoms with van der Waals surface area (Å²) >= 11 is 0. The van der Waals surface area contributed by atoms with E-state index >= 15 is 0 Å². The van der Waals surface area contributed by atoms with Gasteiger partial charge >= 0.3 is 7.12 Å². The molecule has 4 nitrogen and oxygen atoms in total. The second kappa shape index (κ2) is 4.00. The van der Waals surface area contributed by atoms with Gasteiger partial charge in [-0.2, -0.15) is 0 Å². The van der Waals surface area contributed by atoms with Crippen LogP contribution < -0.4 is 10.2 Å². The van der Waals surface area contributed by atoms with Crippen LogP contribution in [-0.4, -0.2) is 30.3 Å². The molecule has 0 bridgehead atoms. The van der Waals surface area contributed by atoms with Gasteiger partial charge in [0.2, 0.25) is 0 Å². The van der Waals surface area contributed by atoms with Gasteiger partial charge in [-0.3, -0.25) is 4.98 Å². The van der Waals surface area contributed by atoms with E-state index in [0.29, 0.717) is 5.46 Å². The van der Waals surface area contributed by atoms with Crippen LogP contribution in [0.5, 0.6) is 5.75 Å². The van der Waals surface area contributed by atoms with Gasteiger partial charge in [-0.25, -0.2) is 0 Å². The molecule has 17 heavy (non-hydrogen) atoms. The molecule has 1 aliphatic rings. The number of pyridine rings is 1. The normalized spacial score (nSPS) is 24.9. The average molecular weight is 238 g/mol. The van der Waals surface area contributed by atoms with Crippen LogP contribution >= 0.6 is 0 Å². The van der Waals surface area contributed by atoms with Gasteiger partial charge in [0.1, 0.15) is 5.75 Å². The highest BCUT2D eigenvalue weighted by atomic mass is 16.7.